The molecule has 1 aliphatic rings. The molecule has 0 aromatic carbocycles. The second-order valence-electron chi connectivity index (χ2n) is 8.23. The van der Waals surface area contributed by atoms with E-state index in [-0.39, 0.29) is 0 Å². The lowest BCUT2D eigenvalue weighted by Gasteiger charge is -2.37. The van der Waals surface area contributed by atoms with Gasteiger partial charge in [-0.15, -0.1) is 69.6 Å². The first-order valence-electron chi connectivity index (χ1n) is 12.9. The highest BCUT2D eigenvalue weighted by Gasteiger charge is 2.46. The normalized spacial score (nSPS) is 23.9. The van der Waals surface area contributed by atoms with E-state index in [9.17, 15) is 4.57 Å². The van der Waals surface area contributed by atoms with Crippen molar-refractivity contribution in [3.8, 4) is 5.88 Å². The lowest BCUT2D eigenvalue weighted by molar-refractivity contribution is 0.270. The molecule has 20 heteroatoms. The SMILES string of the molecule is CCN(CC)c1nc(C)cc(OP(=S)(OC)OC)n1.CCSCCSP(=O)(OC)OC.ClC1C(Cl)C(Cl)C(Cl)C(Cl)C1Cl. The minimum absolute atomic E-state index is 0.376. The molecule has 9 nitrogen and oxygen atoms in total. The fourth-order valence-electron chi connectivity index (χ4n) is 3.07. The highest BCUT2D eigenvalue weighted by atomic mass is 35.5. The van der Waals surface area contributed by atoms with Crippen LogP contribution in [0.1, 0.15) is 26.5 Å². The van der Waals surface area contributed by atoms with E-state index in [2.05, 4.69) is 16.9 Å². The Bertz CT molecular complexity index is 955. The standard InChI is InChI=1S/C11H20N3O3PS.C6H6Cl6.C6H15O3PS2/c1-6-14(7-2)11-12-9(3)8-10(13-11)17-18(19,15-4)16-5;7-1-2(8)4(10)6(12)5(11)3(1)9;1-4-11-5-6-12-10(7,8-2)9-3/h8H,6-7H2,1-5H3;1-6H;4-6H2,1-3H3. The summed E-state index contributed by atoms with van der Waals surface area (Å²) in [5.41, 5.74) is 0.806. The van der Waals surface area contributed by atoms with Crippen molar-refractivity contribution in [1.29, 1.82) is 0 Å². The zero-order valence-electron chi connectivity index (χ0n) is 25.3. The van der Waals surface area contributed by atoms with E-state index in [0.29, 0.717) is 11.8 Å². The third-order valence-electron chi connectivity index (χ3n) is 5.47. The summed E-state index contributed by atoms with van der Waals surface area (Å²) in [6, 6.07) is 1.71. The third kappa shape index (κ3) is 15.7. The van der Waals surface area contributed by atoms with Crippen LogP contribution in [0.25, 0.3) is 0 Å². The Morgan fingerprint density at radius 2 is 1.26 bits per heavy atom. The number of alkyl halides is 6. The lowest BCUT2D eigenvalue weighted by atomic mass is 9.97. The van der Waals surface area contributed by atoms with E-state index in [4.69, 9.17) is 104 Å². The van der Waals surface area contributed by atoms with Crippen LogP contribution in [0.15, 0.2) is 6.07 Å². The summed E-state index contributed by atoms with van der Waals surface area (Å²) < 4.78 is 36.7. The van der Waals surface area contributed by atoms with E-state index in [1.165, 1.54) is 39.8 Å². The summed E-state index contributed by atoms with van der Waals surface area (Å²) in [5, 5.41) is -2.62. The van der Waals surface area contributed by atoms with Gasteiger partial charge in [-0.3, -0.25) is 0 Å². The van der Waals surface area contributed by atoms with Crippen molar-refractivity contribution in [3.63, 3.8) is 0 Å². The monoisotopic (exact) mass is 823 g/mol. The van der Waals surface area contributed by atoms with Gasteiger partial charge in [0, 0.05) is 76.6 Å². The van der Waals surface area contributed by atoms with E-state index in [0.717, 1.165) is 36.0 Å². The van der Waals surface area contributed by atoms with E-state index in [1.807, 2.05) is 37.4 Å². The number of anilines is 1. The number of aromatic nitrogens is 2. The van der Waals surface area contributed by atoms with Gasteiger partial charge >= 0.3 is 13.5 Å². The predicted molar refractivity (Wildman–Crippen MR) is 194 cm³/mol. The van der Waals surface area contributed by atoms with Crippen molar-refractivity contribution in [2.45, 2.75) is 60.0 Å². The van der Waals surface area contributed by atoms with Crippen molar-refractivity contribution in [3.05, 3.63) is 11.8 Å². The third-order valence-corrected chi connectivity index (χ3v) is 17.1. The summed E-state index contributed by atoms with van der Waals surface area (Å²) >= 11 is 43.5. The molecule has 0 saturated heterocycles. The number of hydrogen-bond donors (Lipinski definition) is 0. The number of nitrogens with zero attached hydrogens (tertiary/aromatic N) is 3. The van der Waals surface area contributed by atoms with Crippen LogP contribution in [0.5, 0.6) is 5.88 Å². The molecule has 1 aromatic rings. The van der Waals surface area contributed by atoms with Gasteiger partial charge < -0.3 is 27.5 Å². The molecule has 0 amide bonds. The zero-order chi connectivity index (χ0) is 33.4. The largest absolute Gasteiger partial charge is 0.405 e. The molecule has 2 rings (SSSR count). The first-order valence-corrected chi connectivity index (χ1v) is 22.4. The van der Waals surface area contributed by atoms with Crippen LogP contribution in [-0.4, -0.2) is 101 Å². The fourth-order valence-corrected chi connectivity index (χ4v) is 9.86. The van der Waals surface area contributed by atoms with Gasteiger partial charge in [0.2, 0.25) is 11.8 Å². The quantitative estimate of drug-likeness (QED) is 0.102. The smallest absolute Gasteiger partial charge is 0.388 e. The van der Waals surface area contributed by atoms with E-state index < -0.39 is 45.8 Å². The molecule has 0 unspecified atom stereocenters. The Kier molecular flexibility index (Phi) is 24.2. The molecule has 0 N–H and O–H groups in total. The fraction of sp³-hybridized carbons (Fsp3) is 0.826. The topological polar surface area (TPSA) is 92.2 Å². The highest BCUT2D eigenvalue weighted by molar-refractivity contribution is 8.55. The molecule has 0 spiro atoms. The van der Waals surface area contributed by atoms with Crippen LogP contribution in [0.3, 0.4) is 0 Å². The molecule has 0 radical (unpaired) electrons. The first kappa shape index (κ1) is 44.8. The molecule has 0 bridgehead atoms. The molecule has 1 aliphatic carbocycles. The molecule has 43 heavy (non-hydrogen) atoms. The molecule has 0 atom stereocenters. The van der Waals surface area contributed by atoms with Crippen molar-refractivity contribution < 1.29 is 27.2 Å². The van der Waals surface area contributed by atoms with E-state index in [1.54, 1.807) is 6.07 Å². The van der Waals surface area contributed by atoms with Gasteiger partial charge in [-0.05, 0) is 37.9 Å². The van der Waals surface area contributed by atoms with Gasteiger partial charge in [0.05, 0.1) is 32.3 Å². The number of rotatable bonds is 14. The van der Waals surface area contributed by atoms with Gasteiger partial charge in [-0.2, -0.15) is 16.7 Å². The van der Waals surface area contributed by atoms with Gasteiger partial charge in [0.25, 0.3) is 0 Å². The minimum Gasteiger partial charge on any atom is -0.405 e. The average molecular weight is 826 g/mol. The highest BCUT2D eigenvalue weighted by Crippen LogP contribution is 2.59. The lowest BCUT2D eigenvalue weighted by Crippen LogP contribution is -2.52. The zero-order valence-corrected chi connectivity index (χ0v) is 34.0. The molecular weight excluding hydrogens is 785 g/mol. The summed E-state index contributed by atoms with van der Waals surface area (Å²) in [6.45, 7) is 4.13. The maximum Gasteiger partial charge on any atom is 0.388 e. The summed E-state index contributed by atoms with van der Waals surface area (Å²) in [5.74, 6) is 3.87. The Labute approximate surface area is 300 Å². The Hall–Kier alpha value is 1.84. The van der Waals surface area contributed by atoms with E-state index >= 15 is 0 Å². The molecule has 254 valence electrons. The van der Waals surface area contributed by atoms with Crippen molar-refractivity contribution >= 4 is 124 Å². The number of hydrogen-bond acceptors (Lipinski definition) is 12. The molecule has 0 aliphatic heterocycles. The Balaban J connectivity index is 0.000000644. The molecule has 1 heterocycles. The van der Waals surface area contributed by atoms with Crippen molar-refractivity contribution in [2.24, 2.45) is 0 Å². The van der Waals surface area contributed by atoms with Crippen LogP contribution in [0.2, 0.25) is 0 Å². The number of thioether (sulfide) groups is 1. The second-order valence-corrected chi connectivity index (χ2v) is 20.2. The molecular formula is C23H41Cl6N3O6P2S3. The van der Waals surface area contributed by atoms with Crippen LogP contribution in [0, 0.1) is 6.92 Å². The van der Waals surface area contributed by atoms with Gasteiger partial charge in [0.1, 0.15) is 0 Å². The number of aryl methyl sites for hydroxylation is 1. The maximum atomic E-state index is 11.4. The molecule has 1 aromatic heterocycles. The first-order chi connectivity index (χ1) is 20.1. The van der Waals surface area contributed by atoms with Gasteiger partial charge in [-0.1, -0.05) is 6.92 Å². The minimum atomic E-state index is -2.82. The summed E-state index contributed by atoms with van der Waals surface area (Å²) in [7, 11) is 5.74. The number of halogens is 6. The maximum absolute atomic E-state index is 11.4. The van der Waals surface area contributed by atoms with Crippen LogP contribution >= 0.6 is 106 Å². The van der Waals surface area contributed by atoms with Crippen LogP contribution in [-0.2, 0) is 34.5 Å². The van der Waals surface area contributed by atoms with Crippen LogP contribution in [0.4, 0.5) is 5.95 Å². The Morgan fingerprint density at radius 3 is 1.60 bits per heavy atom. The van der Waals surface area contributed by atoms with Gasteiger partial charge in [-0.25, -0.2) is 9.55 Å². The average Bonchev–Trinajstić information content (AvgIpc) is 3.01. The Morgan fingerprint density at radius 1 is 0.814 bits per heavy atom. The summed E-state index contributed by atoms with van der Waals surface area (Å²) in [4.78, 5) is 10.8. The van der Waals surface area contributed by atoms with Crippen molar-refractivity contribution in [1.82, 2.24) is 9.97 Å². The van der Waals surface area contributed by atoms with Crippen LogP contribution < -0.4 is 9.42 Å². The molecule has 1 fully saturated rings. The van der Waals surface area contributed by atoms with Crippen molar-refractivity contribution in [2.75, 3.05) is 63.7 Å². The second kappa shape index (κ2) is 23.2. The summed E-state index contributed by atoms with van der Waals surface area (Å²) in [6.07, 6.45) is 0. The molecule has 1 saturated carbocycles. The predicted octanol–water partition coefficient (Wildman–Crippen LogP) is 9.05. The van der Waals surface area contributed by atoms with Gasteiger partial charge in [0.15, 0.2) is 0 Å².